The van der Waals surface area contributed by atoms with Gasteiger partial charge in [-0.05, 0) is 38.2 Å². The molecule has 0 aliphatic heterocycles. The molecule has 0 N–H and O–H groups in total. The number of carboxylic acid groups (broad SMARTS) is 1. The monoisotopic (exact) mass is 402 g/mol. The van der Waals surface area contributed by atoms with E-state index in [0.29, 0.717) is 0 Å². The maximum absolute atomic E-state index is 11.2. The largest absolute Gasteiger partial charge is 1.00 e. The van der Waals surface area contributed by atoms with Crippen molar-refractivity contribution in [1.82, 2.24) is 0 Å². The SMILES string of the molecule is C=CCCCCCCCCCCCCCCCC=COC(=O)CCC(=O)[O-].[Na+]. The van der Waals surface area contributed by atoms with Crippen molar-refractivity contribution in [3.8, 4) is 0 Å². The van der Waals surface area contributed by atoms with Crippen LogP contribution in [0, 0.1) is 0 Å². The summed E-state index contributed by atoms with van der Waals surface area (Å²) in [6.07, 6.45) is 24.0. The molecule has 0 aromatic heterocycles. The molecule has 0 saturated carbocycles. The Hall–Kier alpha value is -0.580. The first-order valence-corrected chi connectivity index (χ1v) is 10.8. The molecule has 0 heterocycles. The van der Waals surface area contributed by atoms with Crippen LogP contribution in [-0.2, 0) is 14.3 Å². The van der Waals surface area contributed by atoms with Crippen LogP contribution in [0.5, 0.6) is 0 Å². The Morgan fingerprint density at radius 3 is 1.57 bits per heavy atom. The number of hydrogen-bond acceptors (Lipinski definition) is 4. The number of carbonyl (C=O) groups excluding carboxylic acids is 2. The van der Waals surface area contributed by atoms with Crippen LogP contribution in [0.25, 0.3) is 0 Å². The standard InChI is InChI=1S/C23H40O4.Na/c1-2-3-4-5-6-7-8-9-10-11-12-13-14-15-16-17-18-21-27-23(26)20-19-22(24)25;/h2,18,21H,1,3-17,19-20H2,(H,24,25);/q;+1/p-1. The number of hydrogen-bond donors (Lipinski definition) is 0. The van der Waals surface area contributed by atoms with Gasteiger partial charge in [0.1, 0.15) is 0 Å². The third-order valence-electron chi connectivity index (χ3n) is 4.61. The Kier molecular flexibility index (Phi) is 25.9. The van der Waals surface area contributed by atoms with Gasteiger partial charge in [-0.15, -0.1) is 6.58 Å². The Morgan fingerprint density at radius 2 is 1.14 bits per heavy atom. The van der Waals surface area contributed by atoms with Gasteiger partial charge in [0.2, 0.25) is 0 Å². The summed E-state index contributed by atoms with van der Waals surface area (Å²) in [6, 6.07) is 0. The zero-order valence-corrected chi connectivity index (χ0v) is 20.1. The maximum atomic E-state index is 11.2. The van der Waals surface area contributed by atoms with Crippen molar-refractivity contribution in [2.45, 2.75) is 109 Å². The van der Waals surface area contributed by atoms with E-state index in [9.17, 15) is 14.7 Å². The number of rotatable bonds is 20. The molecule has 0 radical (unpaired) electrons. The Labute approximate surface area is 194 Å². The van der Waals surface area contributed by atoms with Crippen molar-refractivity contribution in [2.75, 3.05) is 0 Å². The van der Waals surface area contributed by atoms with Gasteiger partial charge in [-0.25, -0.2) is 0 Å². The first kappa shape index (κ1) is 29.6. The van der Waals surface area contributed by atoms with E-state index in [2.05, 4.69) is 6.58 Å². The molecule has 0 rings (SSSR count). The van der Waals surface area contributed by atoms with Crippen LogP contribution in [-0.4, -0.2) is 11.9 Å². The van der Waals surface area contributed by atoms with E-state index >= 15 is 0 Å². The van der Waals surface area contributed by atoms with Crippen LogP contribution in [0.2, 0.25) is 0 Å². The minimum absolute atomic E-state index is 0. The van der Waals surface area contributed by atoms with Crippen LogP contribution in [0.15, 0.2) is 25.0 Å². The van der Waals surface area contributed by atoms with Gasteiger partial charge in [0.05, 0.1) is 12.7 Å². The van der Waals surface area contributed by atoms with Gasteiger partial charge in [0, 0.05) is 5.97 Å². The Bertz CT molecular complexity index is 407. The number of aliphatic carboxylic acids is 1. The van der Waals surface area contributed by atoms with Crippen LogP contribution in [0.3, 0.4) is 0 Å². The summed E-state index contributed by atoms with van der Waals surface area (Å²) in [6.45, 7) is 3.75. The molecule has 0 bridgehead atoms. The minimum atomic E-state index is -1.23. The zero-order chi connectivity index (χ0) is 20.0. The molecule has 0 saturated heterocycles. The molecule has 4 nitrogen and oxygen atoms in total. The zero-order valence-electron chi connectivity index (χ0n) is 18.1. The van der Waals surface area contributed by atoms with E-state index < -0.39 is 11.9 Å². The van der Waals surface area contributed by atoms with Crippen LogP contribution < -0.4 is 34.7 Å². The number of ether oxygens (including phenoxy) is 1. The second-order valence-electron chi connectivity index (χ2n) is 7.20. The predicted molar refractivity (Wildman–Crippen MR) is 109 cm³/mol. The second-order valence-corrected chi connectivity index (χ2v) is 7.20. The van der Waals surface area contributed by atoms with Crippen molar-refractivity contribution in [2.24, 2.45) is 0 Å². The Morgan fingerprint density at radius 1 is 0.714 bits per heavy atom. The molecule has 0 fully saturated rings. The number of esters is 1. The Balaban J connectivity index is 0. The van der Waals surface area contributed by atoms with Gasteiger partial charge in [0.15, 0.2) is 0 Å². The number of allylic oxidation sites excluding steroid dienone is 2. The third-order valence-corrected chi connectivity index (χ3v) is 4.61. The van der Waals surface area contributed by atoms with Crippen LogP contribution in [0.4, 0.5) is 0 Å². The molecule has 0 aliphatic rings. The second kappa shape index (κ2) is 24.5. The molecule has 156 valence electrons. The molecule has 0 aromatic rings. The summed E-state index contributed by atoms with van der Waals surface area (Å²) in [4.78, 5) is 21.4. The topological polar surface area (TPSA) is 66.4 Å². The smallest absolute Gasteiger partial charge is 0.550 e. The summed E-state index contributed by atoms with van der Waals surface area (Å²) in [5.41, 5.74) is 0. The predicted octanol–water partition coefficient (Wildman–Crippen LogP) is 2.61. The first-order valence-electron chi connectivity index (χ1n) is 10.8. The van der Waals surface area contributed by atoms with Crippen molar-refractivity contribution >= 4 is 11.9 Å². The first-order chi connectivity index (χ1) is 13.2. The van der Waals surface area contributed by atoms with Crippen molar-refractivity contribution in [3.05, 3.63) is 25.0 Å². The molecule has 0 amide bonds. The summed E-state index contributed by atoms with van der Waals surface area (Å²) in [5.74, 6) is -1.76. The van der Waals surface area contributed by atoms with Crippen LogP contribution >= 0.6 is 0 Å². The quantitative estimate of drug-likeness (QED) is 0.103. The van der Waals surface area contributed by atoms with Crippen molar-refractivity contribution in [1.29, 1.82) is 0 Å². The number of carbonyl (C=O) groups is 2. The fraction of sp³-hybridized carbons (Fsp3) is 0.739. The van der Waals surface area contributed by atoms with E-state index in [1.54, 1.807) is 0 Å². The van der Waals surface area contributed by atoms with Crippen molar-refractivity contribution < 1.29 is 49.0 Å². The van der Waals surface area contributed by atoms with Gasteiger partial charge < -0.3 is 14.6 Å². The minimum Gasteiger partial charge on any atom is -0.550 e. The molecule has 0 aliphatic carbocycles. The summed E-state index contributed by atoms with van der Waals surface area (Å²) in [5, 5.41) is 10.2. The molecule has 0 aromatic carbocycles. The summed E-state index contributed by atoms with van der Waals surface area (Å²) < 4.78 is 4.80. The van der Waals surface area contributed by atoms with Gasteiger partial charge in [0.25, 0.3) is 0 Å². The van der Waals surface area contributed by atoms with Gasteiger partial charge in [-0.3, -0.25) is 4.79 Å². The van der Waals surface area contributed by atoms with E-state index in [1.807, 2.05) is 12.2 Å². The van der Waals surface area contributed by atoms with Gasteiger partial charge >= 0.3 is 35.5 Å². The molecule has 5 heteroatoms. The van der Waals surface area contributed by atoms with E-state index in [0.717, 1.165) is 19.3 Å². The van der Waals surface area contributed by atoms with Crippen molar-refractivity contribution in [3.63, 3.8) is 0 Å². The molecule has 28 heavy (non-hydrogen) atoms. The molecular weight excluding hydrogens is 363 g/mol. The maximum Gasteiger partial charge on any atom is 1.00 e. The fourth-order valence-electron chi connectivity index (χ4n) is 2.95. The molecular formula is C23H39NaO4. The van der Waals surface area contributed by atoms with Gasteiger partial charge in [-0.1, -0.05) is 76.7 Å². The van der Waals surface area contributed by atoms with E-state index in [4.69, 9.17) is 4.74 Å². The number of unbranched alkanes of at least 4 members (excludes halogenated alkanes) is 14. The average molecular weight is 403 g/mol. The molecule has 0 spiro atoms. The van der Waals surface area contributed by atoms with Crippen LogP contribution in [0.1, 0.15) is 109 Å². The van der Waals surface area contributed by atoms with Gasteiger partial charge in [-0.2, -0.15) is 0 Å². The summed E-state index contributed by atoms with van der Waals surface area (Å²) >= 11 is 0. The molecule has 0 unspecified atom stereocenters. The molecule has 0 atom stereocenters. The number of carboxylic acids is 1. The van der Waals surface area contributed by atoms with E-state index in [1.165, 1.54) is 83.3 Å². The van der Waals surface area contributed by atoms with E-state index in [-0.39, 0.29) is 42.4 Å². The third kappa shape index (κ3) is 25.4. The average Bonchev–Trinajstić information content (AvgIpc) is 2.65. The summed E-state index contributed by atoms with van der Waals surface area (Å²) in [7, 11) is 0. The fourth-order valence-corrected chi connectivity index (χ4v) is 2.95. The normalized spacial score (nSPS) is 10.6.